The summed E-state index contributed by atoms with van der Waals surface area (Å²) in [5, 5.41) is 0.611. The zero-order valence-corrected chi connectivity index (χ0v) is 14.8. The second-order valence-corrected chi connectivity index (χ2v) is 7.44. The second kappa shape index (κ2) is 8.29. The van der Waals surface area contributed by atoms with E-state index in [2.05, 4.69) is 0 Å². The molecule has 0 saturated heterocycles. The van der Waals surface area contributed by atoms with Crippen LogP contribution in [0.4, 0.5) is 0 Å². The van der Waals surface area contributed by atoms with Gasteiger partial charge in [0.1, 0.15) is 11.6 Å². The van der Waals surface area contributed by atoms with Gasteiger partial charge in [-0.15, -0.1) is 0 Å². The molecule has 6 heteroatoms. The fraction of sp³-hybridized carbons (Fsp3) is 0.529. The molecule has 0 spiro atoms. The summed E-state index contributed by atoms with van der Waals surface area (Å²) in [6, 6.07) is 7.23. The lowest BCUT2D eigenvalue weighted by atomic mass is 9.75. The summed E-state index contributed by atoms with van der Waals surface area (Å²) in [7, 11) is 0. The van der Waals surface area contributed by atoms with Crippen molar-refractivity contribution in [2.75, 3.05) is 12.4 Å². The summed E-state index contributed by atoms with van der Waals surface area (Å²) in [4.78, 5) is 23.7. The lowest BCUT2D eigenvalue weighted by Crippen LogP contribution is -2.53. The molecule has 0 heterocycles. The molecular formula is C17H22ClNO3S. The normalized spacial score (nSPS) is 24.7. The molecule has 1 fully saturated rings. The molecule has 0 aliphatic heterocycles. The quantitative estimate of drug-likeness (QED) is 0.793. The van der Waals surface area contributed by atoms with E-state index < -0.39 is 11.6 Å². The van der Waals surface area contributed by atoms with Gasteiger partial charge in [-0.1, -0.05) is 41.6 Å². The van der Waals surface area contributed by atoms with Crippen LogP contribution in [0.3, 0.4) is 0 Å². The molecule has 2 atom stereocenters. The molecule has 4 nitrogen and oxygen atoms in total. The number of benzene rings is 1. The number of carbonyl (C=O) groups is 2. The van der Waals surface area contributed by atoms with Crippen LogP contribution >= 0.6 is 23.4 Å². The maximum Gasteiger partial charge on any atom is 0.185 e. The summed E-state index contributed by atoms with van der Waals surface area (Å²) in [6.07, 6.45) is 2.32. The Morgan fingerprint density at radius 3 is 2.91 bits per heavy atom. The zero-order chi connectivity index (χ0) is 16.9. The number of hydrogen-bond acceptors (Lipinski definition) is 5. The summed E-state index contributed by atoms with van der Waals surface area (Å²) in [5.41, 5.74) is 6.02. The molecule has 1 aliphatic rings. The third-order valence-corrected chi connectivity index (χ3v) is 5.27. The monoisotopic (exact) mass is 355 g/mol. The molecule has 2 N–H and O–H groups in total. The summed E-state index contributed by atoms with van der Waals surface area (Å²) < 4.78 is 5.74. The van der Waals surface area contributed by atoms with Gasteiger partial charge in [0, 0.05) is 24.3 Å². The van der Waals surface area contributed by atoms with Crippen LogP contribution in [0.2, 0.25) is 5.02 Å². The topological polar surface area (TPSA) is 69.4 Å². The molecule has 126 valence electrons. The van der Waals surface area contributed by atoms with Gasteiger partial charge in [-0.05, 0) is 37.3 Å². The van der Waals surface area contributed by atoms with Crippen molar-refractivity contribution < 1.29 is 14.3 Å². The van der Waals surface area contributed by atoms with Crippen LogP contribution in [0, 0.1) is 0 Å². The van der Waals surface area contributed by atoms with Crippen molar-refractivity contribution in [1.82, 2.24) is 0 Å². The molecule has 2 unspecified atom stereocenters. The van der Waals surface area contributed by atoms with Crippen LogP contribution < -0.4 is 5.73 Å². The molecule has 1 aromatic carbocycles. The van der Waals surface area contributed by atoms with Crippen molar-refractivity contribution in [1.29, 1.82) is 0 Å². The molecule has 1 aliphatic carbocycles. The first-order valence-corrected chi connectivity index (χ1v) is 9.14. The first-order chi connectivity index (χ1) is 10.9. The van der Waals surface area contributed by atoms with Gasteiger partial charge in [0.2, 0.25) is 0 Å². The number of ketones is 1. The Kier molecular flexibility index (Phi) is 6.65. The third kappa shape index (κ3) is 4.57. The maximum atomic E-state index is 12.8. The largest absolute Gasteiger partial charge is 0.370 e. The molecule has 0 bridgehead atoms. The average Bonchev–Trinajstić information content (AvgIpc) is 2.51. The standard InChI is InChI=1S/C17H22ClNO3S/c1-12(20)23-11-5-10-22-15-8-4-9-17(19,16(15)21)13-6-2-3-7-14(13)18/h2-3,6-7,15H,4-5,8-11,19H2,1H3. The minimum absolute atomic E-state index is 0.0958. The van der Waals surface area contributed by atoms with E-state index in [4.69, 9.17) is 22.1 Å². The first kappa shape index (κ1) is 18.5. The Morgan fingerprint density at radius 2 is 2.22 bits per heavy atom. The van der Waals surface area contributed by atoms with Gasteiger partial charge in [-0.2, -0.15) is 0 Å². The van der Waals surface area contributed by atoms with Gasteiger partial charge in [0.15, 0.2) is 10.9 Å². The number of Topliss-reactive ketones (excluding diaryl/α,β-unsaturated/α-hetero) is 1. The molecule has 2 rings (SSSR count). The minimum Gasteiger partial charge on any atom is -0.370 e. The van der Waals surface area contributed by atoms with Gasteiger partial charge in [-0.25, -0.2) is 0 Å². The maximum absolute atomic E-state index is 12.8. The van der Waals surface area contributed by atoms with Crippen molar-refractivity contribution in [3.05, 3.63) is 34.9 Å². The highest BCUT2D eigenvalue weighted by Crippen LogP contribution is 2.36. The summed E-state index contributed by atoms with van der Waals surface area (Å²) in [5.74, 6) is 0.602. The van der Waals surface area contributed by atoms with E-state index in [0.29, 0.717) is 35.8 Å². The first-order valence-electron chi connectivity index (χ1n) is 7.78. The SMILES string of the molecule is CC(=O)SCCCOC1CCCC(N)(c2ccccc2Cl)C1=O. The molecular weight excluding hydrogens is 334 g/mol. The lowest BCUT2D eigenvalue weighted by Gasteiger charge is -2.37. The van der Waals surface area contributed by atoms with E-state index in [-0.39, 0.29) is 10.9 Å². The summed E-state index contributed by atoms with van der Waals surface area (Å²) >= 11 is 7.50. The molecule has 1 aromatic rings. The lowest BCUT2D eigenvalue weighted by molar-refractivity contribution is -0.140. The van der Waals surface area contributed by atoms with E-state index in [9.17, 15) is 9.59 Å². The Morgan fingerprint density at radius 1 is 1.48 bits per heavy atom. The van der Waals surface area contributed by atoms with Crippen LogP contribution in [0.25, 0.3) is 0 Å². The smallest absolute Gasteiger partial charge is 0.185 e. The highest BCUT2D eigenvalue weighted by atomic mass is 35.5. The highest BCUT2D eigenvalue weighted by molar-refractivity contribution is 8.13. The number of carbonyl (C=O) groups excluding carboxylic acids is 2. The van der Waals surface area contributed by atoms with Crippen LogP contribution in [0.1, 0.15) is 38.2 Å². The van der Waals surface area contributed by atoms with Gasteiger partial charge in [0.25, 0.3) is 0 Å². The van der Waals surface area contributed by atoms with E-state index in [1.807, 2.05) is 18.2 Å². The van der Waals surface area contributed by atoms with Gasteiger partial charge in [-0.3, -0.25) is 9.59 Å². The van der Waals surface area contributed by atoms with Crippen LogP contribution in [0.5, 0.6) is 0 Å². The molecule has 23 heavy (non-hydrogen) atoms. The van der Waals surface area contributed by atoms with Gasteiger partial charge < -0.3 is 10.5 Å². The number of thioether (sulfide) groups is 1. The zero-order valence-electron chi connectivity index (χ0n) is 13.2. The fourth-order valence-electron chi connectivity index (χ4n) is 2.86. The highest BCUT2D eigenvalue weighted by Gasteiger charge is 2.44. The van der Waals surface area contributed by atoms with Crippen molar-refractivity contribution in [2.45, 2.75) is 44.2 Å². The molecule has 1 saturated carbocycles. The van der Waals surface area contributed by atoms with Crippen LogP contribution in [-0.4, -0.2) is 29.4 Å². The molecule has 0 amide bonds. The second-order valence-electron chi connectivity index (χ2n) is 5.76. The number of halogens is 1. The van der Waals surface area contributed by atoms with Crippen molar-refractivity contribution in [3.8, 4) is 0 Å². The van der Waals surface area contributed by atoms with Crippen molar-refractivity contribution in [2.24, 2.45) is 5.73 Å². The minimum atomic E-state index is -1.07. The number of hydrogen-bond donors (Lipinski definition) is 1. The van der Waals surface area contributed by atoms with Crippen LogP contribution in [-0.2, 0) is 19.9 Å². The fourth-order valence-corrected chi connectivity index (χ4v) is 3.71. The predicted octanol–water partition coefficient (Wildman–Crippen LogP) is 3.30. The van der Waals surface area contributed by atoms with Crippen molar-refractivity contribution in [3.63, 3.8) is 0 Å². The number of ether oxygens (including phenoxy) is 1. The Labute approximate surface area is 146 Å². The number of rotatable bonds is 6. The average molecular weight is 356 g/mol. The third-order valence-electron chi connectivity index (χ3n) is 4.04. The van der Waals surface area contributed by atoms with E-state index in [0.717, 1.165) is 12.8 Å². The van der Waals surface area contributed by atoms with E-state index >= 15 is 0 Å². The molecule has 0 aromatic heterocycles. The predicted molar refractivity (Wildman–Crippen MR) is 93.7 cm³/mol. The Balaban J connectivity index is 1.98. The Hall–Kier alpha value is -0.880. The van der Waals surface area contributed by atoms with E-state index in [1.165, 1.54) is 11.8 Å². The van der Waals surface area contributed by atoms with Crippen molar-refractivity contribution >= 4 is 34.3 Å². The number of nitrogens with two attached hydrogens (primary N) is 1. The van der Waals surface area contributed by atoms with Crippen LogP contribution in [0.15, 0.2) is 24.3 Å². The Bertz CT molecular complexity index is 581. The van der Waals surface area contributed by atoms with Gasteiger partial charge in [0.05, 0.1) is 0 Å². The van der Waals surface area contributed by atoms with Gasteiger partial charge >= 0.3 is 0 Å². The van der Waals surface area contributed by atoms with E-state index in [1.54, 1.807) is 13.0 Å². The summed E-state index contributed by atoms with van der Waals surface area (Å²) in [6.45, 7) is 2.00. The molecule has 0 radical (unpaired) electrons.